The van der Waals surface area contributed by atoms with Gasteiger partial charge >= 0.3 is 0 Å². The Morgan fingerprint density at radius 2 is 1.83 bits per heavy atom. The zero-order valence-electron chi connectivity index (χ0n) is 14.3. The van der Waals surface area contributed by atoms with Crippen LogP contribution in [-0.4, -0.2) is 13.0 Å². The molecule has 2 aromatic carbocycles. The Morgan fingerprint density at radius 3 is 2.39 bits per heavy atom. The topological polar surface area (TPSA) is 38.3 Å². The van der Waals surface area contributed by atoms with E-state index in [1.807, 2.05) is 50.2 Å². The number of hydrogen-bond donors (Lipinski definition) is 1. The number of ether oxygens (including phenoxy) is 1. The minimum atomic E-state index is 0.0255. The summed E-state index contributed by atoms with van der Waals surface area (Å²) < 4.78 is 5.30. The highest BCUT2D eigenvalue weighted by Gasteiger charge is 2.14. The third-order valence-electron chi connectivity index (χ3n) is 4.05. The monoisotopic (exact) mass is 311 g/mol. The molecule has 23 heavy (non-hydrogen) atoms. The van der Waals surface area contributed by atoms with Crippen molar-refractivity contribution < 1.29 is 9.53 Å². The predicted molar refractivity (Wildman–Crippen MR) is 93.8 cm³/mol. The van der Waals surface area contributed by atoms with E-state index >= 15 is 0 Å². The molecule has 0 aliphatic heterocycles. The minimum Gasteiger partial charge on any atom is -0.496 e. The Balaban J connectivity index is 2.05. The molecule has 0 aliphatic carbocycles. The molecule has 3 heteroatoms. The number of methoxy groups -OCH3 is 1. The van der Waals surface area contributed by atoms with Crippen molar-refractivity contribution in [2.75, 3.05) is 7.11 Å². The maximum absolute atomic E-state index is 12.3. The molecular weight excluding hydrogens is 286 g/mol. The number of aryl methyl sites for hydroxylation is 2. The highest BCUT2D eigenvalue weighted by molar-refractivity contribution is 5.79. The van der Waals surface area contributed by atoms with Gasteiger partial charge in [-0.2, -0.15) is 0 Å². The first-order chi connectivity index (χ1) is 11.0. The molecule has 1 N–H and O–H groups in total. The molecule has 122 valence electrons. The fourth-order valence-corrected chi connectivity index (χ4v) is 2.68. The van der Waals surface area contributed by atoms with Crippen molar-refractivity contribution in [1.82, 2.24) is 5.32 Å². The van der Waals surface area contributed by atoms with Crippen LogP contribution in [0.5, 0.6) is 5.75 Å². The maximum atomic E-state index is 12.3. The number of carbonyl (C=O) groups excluding carboxylic acids is 1. The van der Waals surface area contributed by atoms with Gasteiger partial charge in [-0.25, -0.2) is 0 Å². The molecule has 0 heterocycles. The average molecular weight is 311 g/mol. The molecule has 1 atom stereocenters. The Hall–Kier alpha value is -2.29. The lowest BCUT2D eigenvalue weighted by molar-refractivity contribution is -0.121. The van der Waals surface area contributed by atoms with E-state index in [4.69, 9.17) is 4.74 Å². The van der Waals surface area contributed by atoms with Crippen molar-refractivity contribution in [3.05, 3.63) is 64.7 Å². The van der Waals surface area contributed by atoms with Crippen LogP contribution in [0, 0.1) is 13.8 Å². The van der Waals surface area contributed by atoms with Crippen molar-refractivity contribution in [1.29, 1.82) is 0 Å². The molecular formula is C20H25NO2. The van der Waals surface area contributed by atoms with E-state index in [0.717, 1.165) is 28.9 Å². The molecule has 0 unspecified atom stereocenters. The van der Waals surface area contributed by atoms with Gasteiger partial charge in [0.05, 0.1) is 19.6 Å². The van der Waals surface area contributed by atoms with Crippen LogP contribution in [0.4, 0.5) is 0 Å². The van der Waals surface area contributed by atoms with Gasteiger partial charge in [0.2, 0.25) is 5.91 Å². The summed E-state index contributed by atoms with van der Waals surface area (Å²) in [4.78, 5) is 12.3. The summed E-state index contributed by atoms with van der Waals surface area (Å²) in [6.07, 6.45) is 1.26. The lowest BCUT2D eigenvalue weighted by atomic mass is 10.0. The number of hydrogen-bond acceptors (Lipinski definition) is 2. The van der Waals surface area contributed by atoms with Gasteiger partial charge in [-0.15, -0.1) is 0 Å². The fraction of sp³-hybridized carbons (Fsp3) is 0.350. The van der Waals surface area contributed by atoms with Crippen LogP contribution in [-0.2, 0) is 11.2 Å². The molecule has 0 aliphatic rings. The second kappa shape index (κ2) is 7.82. The van der Waals surface area contributed by atoms with Gasteiger partial charge in [-0.05, 0) is 43.0 Å². The third-order valence-corrected chi connectivity index (χ3v) is 4.05. The number of carbonyl (C=O) groups is 1. The first-order valence-corrected chi connectivity index (χ1v) is 8.03. The summed E-state index contributed by atoms with van der Waals surface area (Å²) in [5, 5.41) is 3.13. The number of amides is 1. The first kappa shape index (κ1) is 17.1. The van der Waals surface area contributed by atoms with Crippen molar-refractivity contribution in [2.45, 2.75) is 39.7 Å². The van der Waals surface area contributed by atoms with Crippen LogP contribution in [0.2, 0.25) is 0 Å². The van der Waals surface area contributed by atoms with Gasteiger partial charge in [0.25, 0.3) is 0 Å². The summed E-state index contributed by atoms with van der Waals surface area (Å²) >= 11 is 0. The van der Waals surface area contributed by atoms with Crippen molar-refractivity contribution in [2.24, 2.45) is 0 Å². The Morgan fingerprint density at radius 1 is 1.13 bits per heavy atom. The van der Waals surface area contributed by atoms with Gasteiger partial charge in [0.15, 0.2) is 0 Å². The van der Waals surface area contributed by atoms with Crippen molar-refractivity contribution >= 4 is 5.91 Å². The summed E-state index contributed by atoms with van der Waals surface area (Å²) in [7, 11) is 1.67. The molecule has 3 nitrogen and oxygen atoms in total. The van der Waals surface area contributed by atoms with Crippen LogP contribution >= 0.6 is 0 Å². The molecule has 0 aromatic heterocycles. The van der Waals surface area contributed by atoms with Gasteiger partial charge in [0.1, 0.15) is 5.75 Å². The zero-order chi connectivity index (χ0) is 16.8. The van der Waals surface area contributed by atoms with Gasteiger partial charge in [0, 0.05) is 0 Å². The predicted octanol–water partition coefficient (Wildman–Crippen LogP) is 4.12. The SMILES string of the molecule is CC[C@@H](NC(=O)Cc1ccc(C)cc1)c1ccc(OC)c(C)c1. The Kier molecular flexibility index (Phi) is 5.80. The van der Waals surface area contributed by atoms with E-state index in [0.29, 0.717) is 6.42 Å². The first-order valence-electron chi connectivity index (χ1n) is 8.03. The summed E-state index contributed by atoms with van der Waals surface area (Å²) in [5.41, 5.74) is 4.43. The number of benzene rings is 2. The van der Waals surface area contributed by atoms with E-state index in [2.05, 4.69) is 18.3 Å². The molecule has 2 aromatic rings. The maximum Gasteiger partial charge on any atom is 0.224 e. The second-order valence-corrected chi connectivity index (χ2v) is 5.92. The van der Waals surface area contributed by atoms with Crippen LogP contribution < -0.4 is 10.1 Å². The molecule has 0 saturated carbocycles. The van der Waals surface area contributed by atoms with E-state index in [1.54, 1.807) is 7.11 Å². The van der Waals surface area contributed by atoms with E-state index in [-0.39, 0.29) is 11.9 Å². The Labute approximate surface area is 138 Å². The van der Waals surface area contributed by atoms with Crippen LogP contribution in [0.3, 0.4) is 0 Å². The average Bonchev–Trinajstić information content (AvgIpc) is 2.54. The highest BCUT2D eigenvalue weighted by Crippen LogP contribution is 2.24. The molecule has 1 amide bonds. The van der Waals surface area contributed by atoms with Crippen LogP contribution in [0.15, 0.2) is 42.5 Å². The van der Waals surface area contributed by atoms with Gasteiger partial charge in [-0.1, -0.05) is 48.9 Å². The highest BCUT2D eigenvalue weighted by atomic mass is 16.5. The lowest BCUT2D eigenvalue weighted by Gasteiger charge is -2.19. The summed E-state index contributed by atoms with van der Waals surface area (Å²) in [6, 6.07) is 14.2. The number of rotatable bonds is 6. The number of nitrogens with one attached hydrogen (secondary N) is 1. The van der Waals surface area contributed by atoms with E-state index in [1.165, 1.54) is 5.56 Å². The molecule has 0 spiro atoms. The normalized spacial score (nSPS) is 11.8. The molecule has 2 rings (SSSR count). The molecule has 0 bridgehead atoms. The summed E-state index contributed by atoms with van der Waals surface area (Å²) in [5.74, 6) is 0.920. The minimum absolute atomic E-state index is 0.0255. The third kappa shape index (κ3) is 4.59. The van der Waals surface area contributed by atoms with Gasteiger partial charge in [-0.3, -0.25) is 4.79 Å². The van der Waals surface area contributed by atoms with Crippen molar-refractivity contribution in [3.63, 3.8) is 0 Å². The van der Waals surface area contributed by atoms with Crippen LogP contribution in [0.25, 0.3) is 0 Å². The van der Waals surface area contributed by atoms with Crippen molar-refractivity contribution in [3.8, 4) is 5.75 Å². The standard InChI is InChI=1S/C20H25NO2/c1-5-18(17-10-11-19(23-4)15(3)12-17)21-20(22)13-16-8-6-14(2)7-9-16/h6-12,18H,5,13H2,1-4H3,(H,21,22)/t18-/m1/s1. The molecule has 0 fully saturated rings. The smallest absolute Gasteiger partial charge is 0.224 e. The Bertz CT molecular complexity index is 662. The van der Waals surface area contributed by atoms with Gasteiger partial charge < -0.3 is 10.1 Å². The summed E-state index contributed by atoms with van der Waals surface area (Å²) in [6.45, 7) is 6.14. The van der Waals surface area contributed by atoms with Crippen LogP contribution in [0.1, 0.15) is 41.6 Å². The second-order valence-electron chi connectivity index (χ2n) is 5.92. The fourth-order valence-electron chi connectivity index (χ4n) is 2.68. The largest absolute Gasteiger partial charge is 0.496 e. The zero-order valence-corrected chi connectivity index (χ0v) is 14.3. The van der Waals surface area contributed by atoms with E-state index in [9.17, 15) is 4.79 Å². The molecule has 0 radical (unpaired) electrons. The molecule has 0 saturated heterocycles. The van der Waals surface area contributed by atoms with E-state index < -0.39 is 0 Å². The lowest BCUT2D eigenvalue weighted by Crippen LogP contribution is -2.29. The quantitative estimate of drug-likeness (QED) is 0.871.